The molecular formula is C19H24ClFN4O4. The minimum absolute atomic E-state index is 0.0188. The minimum Gasteiger partial charge on any atom is -0.482 e. The average Bonchev–Trinajstić information content (AvgIpc) is 2.66. The van der Waals surface area contributed by atoms with Crippen LogP contribution in [0.4, 0.5) is 15.9 Å². The SMILES string of the molecule is CCCCn1c(N)c(N(CCC)C(=O)COc2ccc(F)cc2Cl)c(=O)[nH]c1=O. The van der Waals surface area contributed by atoms with Gasteiger partial charge in [0, 0.05) is 13.1 Å². The molecule has 1 aromatic carbocycles. The van der Waals surface area contributed by atoms with Gasteiger partial charge in [-0.25, -0.2) is 9.18 Å². The fraction of sp³-hybridized carbons (Fsp3) is 0.421. The van der Waals surface area contributed by atoms with Crippen molar-refractivity contribution in [2.45, 2.75) is 39.7 Å². The number of halogens is 2. The van der Waals surface area contributed by atoms with Crippen LogP contribution in [0, 0.1) is 5.82 Å². The van der Waals surface area contributed by atoms with Gasteiger partial charge in [-0.1, -0.05) is 31.9 Å². The predicted octanol–water partition coefficient (Wildman–Crippen LogP) is 2.53. The second-order valence-electron chi connectivity index (χ2n) is 6.41. The highest BCUT2D eigenvalue weighted by atomic mass is 35.5. The minimum atomic E-state index is -0.748. The highest BCUT2D eigenvalue weighted by Crippen LogP contribution is 2.25. The number of nitrogen functional groups attached to an aromatic ring is 1. The number of nitrogens with zero attached hydrogens (tertiary/aromatic N) is 2. The molecule has 10 heteroatoms. The lowest BCUT2D eigenvalue weighted by Gasteiger charge is -2.24. The van der Waals surface area contributed by atoms with Crippen molar-refractivity contribution in [3.8, 4) is 5.75 Å². The van der Waals surface area contributed by atoms with Crippen molar-refractivity contribution in [1.29, 1.82) is 0 Å². The van der Waals surface area contributed by atoms with Crippen molar-refractivity contribution < 1.29 is 13.9 Å². The molecule has 1 heterocycles. The van der Waals surface area contributed by atoms with Crippen molar-refractivity contribution in [1.82, 2.24) is 9.55 Å². The van der Waals surface area contributed by atoms with Gasteiger partial charge >= 0.3 is 5.69 Å². The third-order valence-electron chi connectivity index (χ3n) is 4.21. The second-order valence-corrected chi connectivity index (χ2v) is 6.81. The van der Waals surface area contributed by atoms with Gasteiger partial charge < -0.3 is 15.4 Å². The monoisotopic (exact) mass is 426 g/mol. The van der Waals surface area contributed by atoms with E-state index < -0.39 is 29.6 Å². The molecule has 8 nitrogen and oxygen atoms in total. The number of H-pyrrole nitrogens is 1. The molecule has 0 bridgehead atoms. The Bertz CT molecular complexity index is 989. The molecule has 0 atom stereocenters. The lowest BCUT2D eigenvalue weighted by Crippen LogP contribution is -2.43. The zero-order valence-corrected chi connectivity index (χ0v) is 17.1. The van der Waals surface area contributed by atoms with E-state index in [0.29, 0.717) is 19.4 Å². The zero-order valence-electron chi connectivity index (χ0n) is 16.3. The average molecular weight is 427 g/mol. The Labute approximate surface area is 172 Å². The van der Waals surface area contributed by atoms with Gasteiger partial charge in [-0.3, -0.25) is 19.1 Å². The topological polar surface area (TPSA) is 110 Å². The highest BCUT2D eigenvalue weighted by Gasteiger charge is 2.24. The lowest BCUT2D eigenvalue weighted by molar-refractivity contribution is -0.120. The smallest absolute Gasteiger partial charge is 0.330 e. The molecule has 1 amide bonds. The standard InChI is InChI=1S/C19H24ClFN4O4/c1-3-5-9-25-17(22)16(18(27)23-19(25)28)24(8-4-2)15(26)11-29-14-7-6-12(21)10-13(14)20/h6-7,10H,3-5,8-9,11,22H2,1-2H3,(H,23,27,28). The fourth-order valence-electron chi connectivity index (χ4n) is 2.77. The van der Waals surface area contributed by atoms with E-state index in [2.05, 4.69) is 4.98 Å². The van der Waals surface area contributed by atoms with Crippen LogP contribution >= 0.6 is 11.6 Å². The fourth-order valence-corrected chi connectivity index (χ4v) is 2.99. The molecule has 29 heavy (non-hydrogen) atoms. The van der Waals surface area contributed by atoms with Crippen LogP contribution < -0.4 is 26.6 Å². The number of hydrogen-bond donors (Lipinski definition) is 2. The van der Waals surface area contributed by atoms with Gasteiger partial charge in [0.25, 0.3) is 11.5 Å². The van der Waals surface area contributed by atoms with Crippen molar-refractivity contribution in [2.24, 2.45) is 0 Å². The van der Waals surface area contributed by atoms with Crippen LogP contribution in [0.1, 0.15) is 33.1 Å². The van der Waals surface area contributed by atoms with Crippen LogP contribution in [0.15, 0.2) is 27.8 Å². The number of amides is 1. The summed E-state index contributed by atoms with van der Waals surface area (Å²) in [6, 6.07) is 3.53. The van der Waals surface area contributed by atoms with Gasteiger partial charge in [-0.15, -0.1) is 0 Å². The Balaban J connectivity index is 2.33. The van der Waals surface area contributed by atoms with E-state index in [1.54, 1.807) is 0 Å². The summed E-state index contributed by atoms with van der Waals surface area (Å²) in [5.41, 5.74) is 4.62. The van der Waals surface area contributed by atoms with E-state index in [9.17, 15) is 18.8 Å². The number of aromatic nitrogens is 2. The number of hydrogen-bond acceptors (Lipinski definition) is 5. The summed E-state index contributed by atoms with van der Waals surface area (Å²) in [4.78, 5) is 40.7. The maximum absolute atomic E-state index is 13.1. The quantitative estimate of drug-likeness (QED) is 0.640. The Hall–Kier alpha value is -2.81. The van der Waals surface area contributed by atoms with Crippen LogP contribution in [0.5, 0.6) is 5.75 Å². The molecule has 158 valence electrons. The van der Waals surface area contributed by atoms with Gasteiger partial charge in [0.15, 0.2) is 12.3 Å². The van der Waals surface area contributed by atoms with E-state index in [4.69, 9.17) is 22.1 Å². The van der Waals surface area contributed by atoms with Gasteiger partial charge in [-0.05, 0) is 31.0 Å². The Morgan fingerprint density at radius 2 is 2.03 bits per heavy atom. The first-order chi connectivity index (χ1) is 13.8. The van der Waals surface area contributed by atoms with Crippen molar-refractivity contribution in [3.05, 3.63) is 49.9 Å². The van der Waals surface area contributed by atoms with Gasteiger partial charge in [0.2, 0.25) is 0 Å². The maximum atomic E-state index is 13.1. The van der Waals surface area contributed by atoms with Crippen LogP contribution in [0.3, 0.4) is 0 Å². The van der Waals surface area contributed by atoms with Crippen LogP contribution in [-0.4, -0.2) is 28.6 Å². The highest BCUT2D eigenvalue weighted by molar-refractivity contribution is 6.32. The molecule has 1 aromatic heterocycles. The van der Waals surface area contributed by atoms with Crippen molar-refractivity contribution in [3.63, 3.8) is 0 Å². The van der Waals surface area contributed by atoms with Crippen LogP contribution in [0.2, 0.25) is 5.02 Å². The summed E-state index contributed by atoms with van der Waals surface area (Å²) in [5.74, 6) is -1.03. The number of carbonyl (C=O) groups excluding carboxylic acids is 1. The number of anilines is 2. The van der Waals surface area contributed by atoms with Gasteiger partial charge in [0.05, 0.1) is 5.02 Å². The Morgan fingerprint density at radius 3 is 2.66 bits per heavy atom. The molecule has 0 saturated carbocycles. The molecule has 2 aromatic rings. The molecule has 0 aliphatic rings. The van der Waals surface area contributed by atoms with Crippen LogP contribution in [0.25, 0.3) is 0 Å². The first kappa shape index (κ1) is 22.5. The summed E-state index contributed by atoms with van der Waals surface area (Å²) in [6.45, 7) is 3.85. The first-order valence-electron chi connectivity index (χ1n) is 9.30. The van der Waals surface area contributed by atoms with E-state index in [1.165, 1.54) is 15.5 Å². The number of benzene rings is 1. The predicted molar refractivity (Wildman–Crippen MR) is 110 cm³/mol. The number of nitrogens with one attached hydrogen (secondary N) is 1. The lowest BCUT2D eigenvalue weighted by atomic mass is 10.3. The molecule has 2 rings (SSSR count). The van der Waals surface area contributed by atoms with Gasteiger partial charge in [0.1, 0.15) is 17.4 Å². The molecule has 0 aliphatic carbocycles. The third-order valence-corrected chi connectivity index (χ3v) is 4.51. The maximum Gasteiger partial charge on any atom is 0.330 e. The molecule has 0 spiro atoms. The van der Waals surface area contributed by atoms with Crippen LogP contribution in [-0.2, 0) is 11.3 Å². The molecular weight excluding hydrogens is 403 g/mol. The van der Waals surface area contributed by atoms with Gasteiger partial charge in [-0.2, -0.15) is 0 Å². The Kier molecular flexibility index (Phi) is 7.83. The zero-order chi connectivity index (χ0) is 21.6. The summed E-state index contributed by atoms with van der Waals surface area (Å²) in [5, 5.41) is 0.0188. The van der Waals surface area contributed by atoms with E-state index in [0.717, 1.165) is 18.6 Å². The van der Waals surface area contributed by atoms with E-state index in [1.807, 2.05) is 13.8 Å². The second kappa shape index (κ2) is 10.1. The summed E-state index contributed by atoms with van der Waals surface area (Å²) < 4.78 is 19.8. The third kappa shape index (κ3) is 5.38. The number of unbranched alkanes of at least 4 members (excludes halogenated alkanes) is 1. The number of ether oxygens (including phenoxy) is 1. The molecule has 0 unspecified atom stereocenters. The van der Waals surface area contributed by atoms with E-state index >= 15 is 0 Å². The number of rotatable bonds is 9. The molecule has 0 aliphatic heterocycles. The number of aromatic amines is 1. The summed E-state index contributed by atoms with van der Waals surface area (Å²) >= 11 is 5.90. The molecule has 0 fully saturated rings. The summed E-state index contributed by atoms with van der Waals surface area (Å²) in [7, 11) is 0. The van der Waals surface area contributed by atoms with E-state index in [-0.39, 0.29) is 28.8 Å². The molecule has 3 N–H and O–H groups in total. The molecule has 0 radical (unpaired) electrons. The Morgan fingerprint density at radius 1 is 1.31 bits per heavy atom. The summed E-state index contributed by atoms with van der Waals surface area (Å²) in [6.07, 6.45) is 2.05. The van der Waals surface area contributed by atoms with Crippen molar-refractivity contribution >= 4 is 29.0 Å². The number of carbonyl (C=O) groups is 1. The first-order valence-corrected chi connectivity index (χ1v) is 9.68. The normalized spacial score (nSPS) is 10.8. The largest absolute Gasteiger partial charge is 0.482 e. The van der Waals surface area contributed by atoms with Crippen molar-refractivity contribution in [2.75, 3.05) is 23.8 Å². The number of nitrogens with two attached hydrogens (primary N) is 1. The molecule has 0 saturated heterocycles.